The smallest absolute Gasteiger partial charge is 0.310 e. The lowest BCUT2D eigenvalue weighted by Crippen LogP contribution is -2.37. The molecular formula is C18H24N2O5. The zero-order chi connectivity index (χ0) is 18.4. The highest BCUT2D eigenvalue weighted by atomic mass is 16.5. The maximum atomic E-state index is 12.5. The van der Waals surface area contributed by atoms with Crippen molar-refractivity contribution in [2.45, 2.75) is 45.4 Å². The van der Waals surface area contributed by atoms with Gasteiger partial charge in [0, 0.05) is 19.0 Å². The molecule has 0 saturated heterocycles. The molecule has 0 unspecified atom stereocenters. The van der Waals surface area contributed by atoms with E-state index in [0.29, 0.717) is 30.0 Å². The number of amides is 2. The number of carbonyl (C=O) groups excluding carboxylic acids is 2. The fourth-order valence-corrected chi connectivity index (χ4v) is 3.28. The van der Waals surface area contributed by atoms with Crippen LogP contribution in [-0.2, 0) is 14.4 Å². The van der Waals surface area contributed by atoms with Gasteiger partial charge in [-0.2, -0.15) is 0 Å². The van der Waals surface area contributed by atoms with Crippen LogP contribution in [0.5, 0.6) is 5.75 Å². The molecule has 1 fully saturated rings. The molecule has 1 aromatic rings. The van der Waals surface area contributed by atoms with Crippen LogP contribution in [0.15, 0.2) is 18.2 Å². The topological polar surface area (TPSA) is 105 Å². The molecule has 2 rings (SSSR count). The maximum Gasteiger partial charge on any atom is 0.310 e. The van der Waals surface area contributed by atoms with Crippen LogP contribution in [0.4, 0.5) is 11.4 Å². The number of carbonyl (C=O) groups is 3. The SMILES string of the molecule is COc1ccc(NC(C)=O)cc1NC(=O)CC1(C(=O)O)CCCCC1. The second-order valence-electron chi connectivity index (χ2n) is 6.47. The van der Waals surface area contributed by atoms with Gasteiger partial charge in [0.2, 0.25) is 11.8 Å². The first-order valence-electron chi connectivity index (χ1n) is 8.35. The highest BCUT2D eigenvalue weighted by molar-refractivity contribution is 5.97. The summed E-state index contributed by atoms with van der Waals surface area (Å²) in [5.41, 5.74) is -0.0746. The lowest BCUT2D eigenvalue weighted by Gasteiger charge is -2.32. The van der Waals surface area contributed by atoms with Gasteiger partial charge in [0.25, 0.3) is 0 Å². The summed E-state index contributed by atoms with van der Waals surface area (Å²) in [6.07, 6.45) is 3.60. The zero-order valence-electron chi connectivity index (χ0n) is 14.6. The number of anilines is 2. The normalized spacial score (nSPS) is 15.9. The number of carboxylic acids is 1. The summed E-state index contributed by atoms with van der Waals surface area (Å²) >= 11 is 0. The van der Waals surface area contributed by atoms with Crippen LogP contribution in [0.3, 0.4) is 0 Å². The minimum atomic E-state index is -0.995. The molecule has 1 aliphatic rings. The monoisotopic (exact) mass is 348 g/mol. The van der Waals surface area contributed by atoms with Gasteiger partial charge in [-0.15, -0.1) is 0 Å². The first kappa shape index (κ1) is 18.8. The summed E-state index contributed by atoms with van der Waals surface area (Å²) < 4.78 is 5.23. The van der Waals surface area contributed by atoms with Crippen molar-refractivity contribution in [3.8, 4) is 5.75 Å². The molecule has 0 bridgehead atoms. The molecule has 0 heterocycles. The third-order valence-corrected chi connectivity index (χ3v) is 4.56. The van der Waals surface area contributed by atoms with Gasteiger partial charge in [0.05, 0.1) is 18.2 Å². The van der Waals surface area contributed by atoms with Crippen molar-refractivity contribution in [3.05, 3.63) is 18.2 Å². The fraction of sp³-hybridized carbons (Fsp3) is 0.500. The average molecular weight is 348 g/mol. The Balaban J connectivity index is 2.15. The highest BCUT2D eigenvalue weighted by Crippen LogP contribution is 2.40. The number of methoxy groups -OCH3 is 1. The third kappa shape index (κ3) is 4.71. The van der Waals surface area contributed by atoms with Crippen molar-refractivity contribution in [2.24, 2.45) is 5.41 Å². The van der Waals surface area contributed by atoms with Gasteiger partial charge in [-0.05, 0) is 31.0 Å². The molecule has 1 aromatic carbocycles. The Bertz CT molecular complexity index is 665. The number of hydrogen-bond acceptors (Lipinski definition) is 4. The molecular weight excluding hydrogens is 324 g/mol. The summed E-state index contributed by atoms with van der Waals surface area (Å²) in [4.78, 5) is 35.4. The van der Waals surface area contributed by atoms with Crippen LogP contribution in [-0.4, -0.2) is 30.0 Å². The van der Waals surface area contributed by atoms with Gasteiger partial charge in [0.15, 0.2) is 0 Å². The van der Waals surface area contributed by atoms with E-state index in [-0.39, 0.29) is 18.2 Å². The number of benzene rings is 1. The van der Waals surface area contributed by atoms with E-state index >= 15 is 0 Å². The summed E-state index contributed by atoms with van der Waals surface area (Å²) in [5, 5.41) is 15.0. The second kappa shape index (κ2) is 8.00. The number of ether oxygens (including phenoxy) is 1. The van der Waals surface area contributed by atoms with Crippen molar-refractivity contribution in [2.75, 3.05) is 17.7 Å². The van der Waals surface area contributed by atoms with E-state index in [2.05, 4.69) is 10.6 Å². The van der Waals surface area contributed by atoms with Crippen molar-refractivity contribution in [3.63, 3.8) is 0 Å². The zero-order valence-corrected chi connectivity index (χ0v) is 14.6. The molecule has 7 heteroatoms. The van der Waals surface area contributed by atoms with E-state index in [1.807, 2.05) is 0 Å². The number of carboxylic acid groups (broad SMARTS) is 1. The van der Waals surface area contributed by atoms with Gasteiger partial charge in [-0.1, -0.05) is 19.3 Å². The van der Waals surface area contributed by atoms with Crippen LogP contribution in [0.2, 0.25) is 0 Å². The lowest BCUT2D eigenvalue weighted by molar-refractivity contribution is -0.153. The Morgan fingerprint density at radius 3 is 2.40 bits per heavy atom. The minimum absolute atomic E-state index is 0.0736. The molecule has 136 valence electrons. The summed E-state index contributed by atoms with van der Waals surface area (Å²) in [5.74, 6) is -1.08. The molecule has 25 heavy (non-hydrogen) atoms. The molecule has 3 N–H and O–H groups in total. The fourth-order valence-electron chi connectivity index (χ4n) is 3.28. The number of rotatable bonds is 6. The Morgan fingerprint density at radius 2 is 1.84 bits per heavy atom. The summed E-state index contributed by atoms with van der Waals surface area (Å²) in [7, 11) is 1.48. The lowest BCUT2D eigenvalue weighted by atomic mass is 9.71. The third-order valence-electron chi connectivity index (χ3n) is 4.56. The van der Waals surface area contributed by atoms with Crippen molar-refractivity contribution >= 4 is 29.2 Å². The van der Waals surface area contributed by atoms with Crippen molar-refractivity contribution in [1.82, 2.24) is 0 Å². The number of nitrogens with one attached hydrogen (secondary N) is 2. The van der Waals surface area contributed by atoms with Gasteiger partial charge in [0.1, 0.15) is 5.75 Å². The summed E-state index contributed by atoms with van der Waals surface area (Å²) in [6, 6.07) is 4.89. The molecule has 2 amide bonds. The van der Waals surface area contributed by atoms with Crippen LogP contribution in [0.25, 0.3) is 0 Å². The van der Waals surface area contributed by atoms with E-state index in [0.717, 1.165) is 19.3 Å². The molecule has 1 aliphatic carbocycles. The number of aliphatic carboxylic acids is 1. The van der Waals surface area contributed by atoms with Crippen molar-refractivity contribution in [1.29, 1.82) is 0 Å². The molecule has 0 radical (unpaired) electrons. The standard InChI is InChI=1S/C18H24N2O5/c1-12(21)19-13-6-7-15(25-2)14(10-13)20-16(22)11-18(17(23)24)8-4-3-5-9-18/h6-7,10H,3-5,8-9,11H2,1-2H3,(H,19,21)(H,20,22)(H,23,24). The molecule has 0 spiro atoms. The second-order valence-corrected chi connectivity index (χ2v) is 6.47. The molecule has 0 aliphatic heterocycles. The van der Waals surface area contributed by atoms with Gasteiger partial charge in [-0.25, -0.2) is 0 Å². The Morgan fingerprint density at radius 1 is 1.16 bits per heavy atom. The van der Waals surface area contributed by atoms with E-state index in [4.69, 9.17) is 4.74 Å². The summed E-state index contributed by atoms with van der Waals surface area (Å²) in [6.45, 7) is 1.39. The number of hydrogen-bond donors (Lipinski definition) is 3. The predicted octanol–water partition coefficient (Wildman–Crippen LogP) is 3.02. The maximum absolute atomic E-state index is 12.5. The van der Waals surface area contributed by atoms with Gasteiger partial charge in [-0.3, -0.25) is 14.4 Å². The average Bonchev–Trinajstić information content (AvgIpc) is 2.55. The quantitative estimate of drug-likeness (QED) is 0.733. The van der Waals surface area contributed by atoms with Crippen LogP contribution < -0.4 is 15.4 Å². The van der Waals surface area contributed by atoms with E-state index in [9.17, 15) is 19.5 Å². The Kier molecular flexibility index (Phi) is 6.01. The van der Waals surface area contributed by atoms with E-state index in [1.165, 1.54) is 14.0 Å². The Labute approximate surface area is 146 Å². The van der Waals surface area contributed by atoms with Gasteiger partial charge >= 0.3 is 5.97 Å². The van der Waals surface area contributed by atoms with E-state index in [1.54, 1.807) is 18.2 Å². The Hall–Kier alpha value is -2.57. The molecule has 1 saturated carbocycles. The predicted molar refractivity (Wildman–Crippen MR) is 93.7 cm³/mol. The van der Waals surface area contributed by atoms with E-state index < -0.39 is 11.4 Å². The first-order valence-corrected chi connectivity index (χ1v) is 8.35. The highest BCUT2D eigenvalue weighted by Gasteiger charge is 2.41. The van der Waals surface area contributed by atoms with Gasteiger partial charge < -0.3 is 20.5 Å². The van der Waals surface area contributed by atoms with Crippen LogP contribution in [0, 0.1) is 5.41 Å². The minimum Gasteiger partial charge on any atom is -0.495 e. The van der Waals surface area contributed by atoms with Crippen molar-refractivity contribution < 1.29 is 24.2 Å². The first-order chi connectivity index (χ1) is 11.9. The molecule has 0 atom stereocenters. The molecule has 0 aromatic heterocycles. The van der Waals surface area contributed by atoms with Crippen LogP contribution >= 0.6 is 0 Å². The van der Waals surface area contributed by atoms with Crippen LogP contribution in [0.1, 0.15) is 45.4 Å². The largest absolute Gasteiger partial charge is 0.495 e. The molecule has 7 nitrogen and oxygen atoms in total.